The summed E-state index contributed by atoms with van der Waals surface area (Å²) in [6, 6.07) is 8.72. The van der Waals surface area contributed by atoms with E-state index in [0.717, 1.165) is 35.2 Å². The minimum atomic E-state index is -4.86. The van der Waals surface area contributed by atoms with Crippen molar-refractivity contribution in [1.82, 2.24) is 9.99 Å². The Labute approximate surface area is 312 Å². The Morgan fingerprint density at radius 2 is 1.63 bits per heavy atom. The van der Waals surface area contributed by atoms with Crippen molar-refractivity contribution in [3.8, 4) is 11.5 Å². The molecule has 3 fully saturated rings. The number of halogens is 8. The van der Waals surface area contributed by atoms with Gasteiger partial charge in [0.05, 0.1) is 34.7 Å². The Morgan fingerprint density at radius 1 is 0.962 bits per heavy atom. The molecule has 2 aromatic carbocycles. The molecule has 18 heteroatoms. The van der Waals surface area contributed by atoms with Gasteiger partial charge in [0, 0.05) is 13.0 Å². The Balaban J connectivity index is 1.37. The zero-order valence-corrected chi connectivity index (χ0v) is 29.7. The predicted molar refractivity (Wildman–Crippen MR) is 181 cm³/mol. The third kappa shape index (κ3) is 5.01. The van der Waals surface area contributed by atoms with Crippen LogP contribution in [0, 0.1) is 23.6 Å². The fourth-order valence-corrected chi connectivity index (χ4v) is 9.26. The summed E-state index contributed by atoms with van der Waals surface area (Å²) in [5.74, 6) is -9.96. The molecule has 1 N–H and O–H groups in total. The number of fused-ring (bicyclic) bond motifs is 4. The van der Waals surface area contributed by atoms with E-state index in [0.29, 0.717) is 16.6 Å². The van der Waals surface area contributed by atoms with Crippen molar-refractivity contribution in [2.75, 3.05) is 24.1 Å². The summed E-state index contributed by atoms with van der Waals surface area (Å²) in [5, 5.41) is 11.6. The maximum Gasteiger partial charge on any atom is 0.433 e. The molecule has 4 aliphatic rings. The number of anilines is 2. The number of phenols is 1. The maximum absolute atomic E-state index is 14.5. The molecule has 272 valence electrons. The third-order valence-corrected chi connectivity index (χ3v) is 12.2. The van der Waals surface area contributed by atoms with E-state index < -0.39 is 92.7 Å². The quantitative estimate of drug-likeness (QED) is 0.129. The van der Waals surface area contributed by atoms with Gasteiger partial charge in [-0.3, -0.25) is 24.2 Å². The Hall–Kier alpha value is -4.11. The van der Waals surface area contributed by atoms with Gasteiger partial charge in [-0.25, -0.2) is 14.3 Å². The number of methoxy groups -OCH3 is 1. The van der Waals surface area contributed by atoms with Crippen molar-refractivity contribution in [3.05, 3.63) is 87.3 Å². The molecular formula is C34H24Cl4F4N4O6. The van der Waals surface area contributed by atoms with Crippen LogP contribution in [0.4, 0.5) is 29.1 Å². The number of hydrogen-bond donors (Lipinski definition) is 1. The van der Waals surface area contributed by atoms with E-state index in [1.165, 1.54) is 31.4 Å². The smallest absolute Gasteiger partial charge is 0.433 e. The molecule has 0 bridgehead atoms. The molecule has 6 unspecified atom stereocenters. The van der Waals surface area contributed by atoms with Gasteiger partial charge in [0.25, 0.3) is 23.6 Å². The first-order valence-electron chi connectivity index (χ1n) is 15.5. The summed E-state index contributed by atoms with van der Waals surface area (Å²) >= 11 is 27.3. The van der Waals surface area contributed by atoms with Crippen LogP contribution in [0.2, 0.25) is 10.0 Å². The van der Waals surface area contributed by atoms with Gasteiger partial charge in [-0.15, -0.1) is 23.2 Å². The number of hydrazine groups is 1. The standard InChI is InChI=1S/C34H24Cl4F4N4O6/c1-44(27-20(35)9-10-23(43-27)34(40,41)42)46-28(48)18-8-7-17-19(24(18)29(46)49)13-32(37)30(50)45(16-5-3-15(39)4-6-16)31(51)33(32,38)25(17)14-11-21(36)26(47)22(12-14)52-2/h3-7,9-12,18-19,24-25,47H,8,13H2,1-2H3. The molecule has 1 saturated carbocycles. The molecule has 2 aliphatic heterocycles. The third-order valence-electron chi connectivity index (χ3n) is 10.2. The molecule has 3 aromatic rings. The average Bonchev–Trinajstić information content (AvgIpc) is 3.43. The molecule has 0 radical (unpaired) electrons. The van der Waals surface area contributed by atoms with Crippen molar-refractivity contribution in [1.29, 1.82) is 0 Å². The summed E-state index contributed by atoms with van der Waals surface area (Å²) in [4.78, 5) is 57.0. The van der Waals surface area contributed by atoms with E-state index in [1.54, 1.807) is 6.08 Å². The number of rotatable bonds is 5. The number of imide groups is 2. The molecular weight excluding hydrogens is 778 g/mol. The number of benzene rings is 2. The lowest BCUT2D eigenvalue weighted by Crippen LogP contribution is -2.60. The normalized spacial score (nSPS) is 28.5. The first kappa shape index (κ1) is 36.3. The fraction of sp³-hybridized carbons (Fsp3) is 0.324. The van der Waals surface area contributed by atoms with Crippen LogP contribution >= 0.6 is 46.4 Å². The van der Waals surface area contributed by atoms with Crippen LogP contribution in [0.1, 0.15) is 30.0 Å². The molecule has 7 rings (SSSR count). The lowest BCUT2D eigenvalue weighted by Gasteiger charge is -2.50. The highest BCUT2D eigenvalue weighted by atomic mass is 35.5. The van der Waals surface area contributed by atoms with Crippen LogP contribution < -0.4 is 14.6 Å². The Kier molecular flexibility index (Phi) is 8.52. The van der Waals surface area contributed by atoms with Crippen molar-refractivity contribution in [2.45, 2.75) is 34.7 Å². The van der Waals surface area contributed by atoms with E-state index >= 15 is 0 Å². The average molecular weight is 802 g/mol. The molecule has 2 saturated heterocycles. The monoisotopic (exact) mass is 800 g/mol. The first-order chi connectivity index (χ1) is 24.4. The van der Waals surface area contributed by atoms with Crippen LogP contribution in [-0.2, 0) is 25.4 Å². The minimum absolute atomic E-state index is 0.0360. The van der Waals surface area contributed by atoms with Crippen LogP contribution in [-0.4, -0.2) is 62.6 Å². The molecule has 52 heavy (non-hydrogen) atoms. The fourth-order valence-electron chi connectivity index (χ4n) is 7.88. The number of carbonyl (C=O) groups is 4. The van der Waals surface area contributed by atoms with Gasteiger partial charge in [-0.05, 0) is 72.9 Å². The van der Waals surface area contributed by atoms with Crippen LogP contribution in [0.25, 0.3) is 0 Å². The van der Waals surface area contributed by atoms with Crippen molar-refractivity contribution < 1.29 is 46.6 Å². The molecule has 6 atom stereocenters. The molecule has 4 amide bonds. The van der Waals surface area contributed by atoms with Gasteiger partial charge in [-0.2, -0.15) is 18.2 Å². The van der Waals surface area contributed by atoms with Crippen LogP contribution in [0.15, 0.2) is 60.2 Å². The number of hydrogen-bond acceptors (Lipinski definition) is 8. The van der Waals surface area contributed by atoms with Gasteiger partial charge in [0.15, 0.2) is 27.1 Å². The zero-order valence-electron chi connectivity index (χ0n) is 26.7. The van der Waals surface area contributed by atoms with E-state index in [9.17, 15) is 41.8 Å². The molecule has 1 aromatic heterocycles. The summed E-state index contributed by atoms with van der Waals surface area (Å²) in [5.41, 5.74) is -0.831. The summed E-state index contributed by atoms with van der Waals surface area (Å²) in [6.45, 7) is 0. The van der Waals surface area contributed by atoms with Crippen molar-refractivity contribution in [3.63, 3.8) is 0 Å². The second-order valence-electron chi connectivity index (χ2n) is 12.8. The highest BCUT2D eigenvalue weighted by Crippen LogP contribution is 2.66. The summed E-state index contributed by atoms with van der Waals surface area (Å²) in [6.07, 6.45) is -3.77. The minimum Gasteiger partial charge on any atom is -0.503 e. The highest BCUT2D eigenvalue weighted by molar-refractivity contribution is 6.58. The largest absolute Gasteiger partial charge is 0.503 e. The SMILES string of the molecule is COc1cc(C2C3=CCC4C(=O)N(N(C)c5nc(C(F)(F)F)ccc5Cl)C(=O)C4C3CC3(Cl)C(=O)N(c4ccc(F)cc4)C(=O)C23Cl)cc(Cl)c1O. The molecule has 10 nitrogen and oxygen atoms in total. The zero-order chi connectivity index (χ0) is 37.8. The molecule has 0 spiro atoms. The second kappa shape index (κ2) is 12.2. The van der Waals surface area contributed by atoms with Gasteiger partial charge in [0.2, 0.25) is 0 Å². The number of aromatic nitrogens is 1. The molecule has 3 heterocycles. The number of alkyl halides is 5. The number of carbonyl (C=O) groups excluding carboxylic acids is 4. The van der Waals surface area contributed by atoms with E-state index in [4.69, 9.17) is 51.1 Å². The highest BCUT2D eigenvalue weighted by Gasteiger charge is 2.76. The van der Waals surface area contributed by atoms with E-state index in [1.807, 2.05) is 0 Å². The Bertz CT molecular complexity index is 2120. The number of phenolic OH excluding ortho intramolecular Hbond substituents is 1. The maximum atomic E-state index is 14.5. The van der Waals surface area contributed by atoms with E-state index in [-0.39, 0.29) is 33.5 Å². The van der Waals surface area contributed by atoms with Crippen LogP contribution in [0.3, 0.4) is 0 Å². The molecule has 2 aliphatic carbocycles. The van der Waals surface area contributed by atoms with Crippen LogP contribution in [0.5, 0.6) is 11.5 Å². The second-order valence-corrected chi connectivity index (χ2v) is 14.9. The topological polar surface area (TPSA) is 120 Å². The van der Waals surface area contributed by atoms with Gasteiger partial charge >= 0.3 is 6.18 Å². The summed E-state index contributed by atoms with van der Waals surface area (Å²) < 4.78 is 59.9. The number of pyridine rings is 1. The van der Waals surface area contributed by atoms with E-state index in [2.05, 4.69) is 4.98 Å². The lowest BCUT2D eigenvalue weighted by atomic mass is 9.56. The number of ether oxygens (including phenoxy) is 1. The van der Waals surface area contributed by atoms with Crippen molar-refractivity contribution in [2.24, 2.45) is 17.8 Å². The van der Waals surface area contributed by atoms with Gasteiger partial charge in [-0.1, -0.05) is 34.9 Å². The van der Waals surface area contributed by atoms with Gasteiger partial charge < -0.3 is 9.84 Å². The number of amides is 4. The first-order valence-corrected chi connectivity index (χ1v) is 17.0. The lowest BCUT2D eigenvalue weighted by molar-refractivity contribution is -0.141. The number of aromatic hydroxyl groups is 1. The van der Waals surface area contributed by atoms with Gasteiger partial charge in [0.1, 0.15) is 11.5 Å². The van der Waals surface area contributed by atoms with Crippen molar-refractivity contribution >= 4 is 81.5 Å². The number of nitrogens with zero attached hydrogens (tertiary/aromatic N) is 4. The summed E-state index contributed by atoms with van der Waals surface area (Å²) in [7, 11) is 2.42. The predicted octanol–water partition coefficient (Wildman–Crippen LogP) is 6.88. The number of allylic oxidation sites excluding steroid dienone is 2. The Morgan fingerprint density at radius 3 is 2.27 bits per heavy atom.